The van der Waals surface area contributed by atoms with Gasteiger partial charge in [-0.25, -0.2) is 4.99 Å². The number of nitrogens with one attached hydrogen (secondary N) is 1. The molecule has 0 saturated heterocycles. The van der Waals surface area contributed by atoms with Crippen molar-refractivity contribution in [1.82, 2.24) is 5.43 Å². The highest BCUT2D eigenvalue weighted by Crippen LogP contribution is 2.11. The van der Waals surface area contributed by atoms with E-state index in [9.17, 15) is 0 Å². The molecule has 1 aromatic rings. The van der Waals surface area contributed by atoms with Crippen molar-refractivity contribution in [3.8, 4) is 0 Å². The number of amidine groups is 1. The smallest absolute Gasteiger partial charge is 0.128 e. The van der Waals surface area contributed by atoms with Crippen LogP contribution in [0.2, 0.25) is 0 Å². The average Bonchev–Trinajstić information content (AvgIpc) is 2.53. The average molecular weight is 173 g/mol. The fourth-order valence-corrected chi connectivity index (χ4v) is 1.20. The molecule has 0 unspecified atom stereocenters. The number of aliphatic imine (C=N–C) groups is 1. The van der Waals surface area contributed by atoms with Crippen LogP contribution in [-0.2, 0) is 0 Å². The van der Waals surface area contributed by atoms with Gasteiger partial charge in [-0.2, -0.15) is 5.10 Å². The topological polar surface area (TPSA) is 36.8 Å². The Morgan fingerprint density at radius 2 is 2.08 bits per heavy atom. The number of hydrogen-bond donors (Lipinski definition) is 1. The maximum atomic E-state index is 4.40. The van der Waals surface area contributed by atoms with Crippen molar-refractivity contribution >= 4 is 17.2 Å². The van der Waals surface area contributed by atoms with Crippen molar-refractivity contribution in [2.45, 2.75) is 13.3 Å². The molecule has 13 heavy (non-hydrogen) atoms. The van der Waals surface area contributed by atoms with Crippen LogP contribution in [0.4, 0.5) is 5.69 Å². The van der Waals surface area contributed by atoms with Crippen LogP contribution in [0.15, 0.2) is 40.4 Å². The summed E-state index contributed by atoms with van der Waals surface area (Å²) in [4.78, 5) is 4.40. The molecule has 0 saturated carbocycles. The van der Waals surface area contributed by atoms with Gasteiger partial charge < -0.3 is 0 Å². The standard InChI is InChI=1S/C10H11N3/c1-8-7-10(13-12-8)11-9-5-3-2-4-6-9/h2-6H,7H2,1H3,(H,11,13). The van der Waals surface area contributed by atoms with E-state index in [4.69, 9.17) is 0 Å². The number of benzene rings is 1. The largest absolute Gasteiger partial charge is 0.265 e. The first-order valence-electron chi connectivity index (χ1n) is 4.26. The number of nitrogens with zero attached hydrogens (tertiary/aromatic N) is 2. The second kappa shape index (κ2) is 3.39. The highest BCUT2D eigenvalue weighted by molar-refractivity contribution is 6.06. The van der Waals surface area contributed by atoms with Crippen molar-refractivity contribution in [2.75, 3.05) is 0 Å². The monoisotopic (exact) mass is 173 g/mol. The van der Waals surface area contributed by atoms with Crippen molar-refractivity contribution in [1.29, 1.82) is 0 Å². The van der Waals surface area contributed by atoms with E-state index in [2.05, 4.69) is 15.5 Å². The molecule has 0 aromatic heterocycles. The van der Waals surface area contributed by atoms with Gasteiger partial charge in [0, 0.05) is 12.1 Å². The molecular weight excluding hydrogens is 162 g/mol. The number of para-hydroxylation sites is 1. The Morgan fingerprint density at radius 3 is 2.69 bits per heavy atom. The third-order valence-electron chi connectivity index (χ3n) is 1.82. The van der Waals surface area contributed by atoms with Gasteiger partial charge in [-0.3, -0.25) is 5.43 Å². The minimum Gasteiger partial charge on any atom is -0.265 e. The van der Waals surface area contributed by atoms with Crippen molar-refractivity contribution in [3.63, 3.8) is 0 Å². The molecule has 0 atom stereocenters. The van der Waals surface area contributed by atoms with Gasteiger partial charge in [0.15, 0.2) is 0 Å². The van der Waals surface area contributed by atoms with Gasteiger partial charge in [-0.1, -0.05) is 18.2 Å². The molecule has 3 heteroatoms. The van der Waals surface area contributed by atoms with E-state index < -0.39 is 0 Å². The van der Waals surface area contributed by atoms with Crippen LogP contribution in [0.25, 0.3) is 0 Å². The van der Waals surface area contributed by atoms with Crippen LogP contribution in [0.1, 0.15) is 13.3 Å². The third-order valence-corrected chi connectivity index (χ3v) is 1.82. The lowest BCUT2D eigenvalue weighted by Gasteiger charge is -1.95. The van der Waals surface area contributed by atoms with E-state index in [1.165, 1.54) is 0 Å². The first-order chi connectivity index (χ1) is 6.34. The normalized spacial score (nSPS) is 18.5. The minimum atomic E-state index is 0.828. The first kappa shape index (κ1) is 7.98. The molecule has 0 radical (unpaired) electrons. The van der Waals surface area contributed by atoms with Gasteiger partial charge in [0.25, 0.3) is 0 Å². The van der Waals surface area contributed by atoms with Crippen LogP contribution >= 0.6 is 0 Å². The molecule has 0 amide bonds. The fourth-order valence-electron chi connectivity index (χ4n) is 1.20. The van der Waals surface area contributed by atoms with Gasteiger partial charge in [-0.15, -0.1) is 0 Å². The maximum Gasteiger partial charge on any atom is 0.128 e. The Labute approximate surface area is 77.2 Å². The summed E-state index contributed by atoms with van der Waals surface area (Å²) in [6.07, 6.45) is 0.828. The summed E-state index contributed by atoms with van der Waals surface area (Å²) in [6, 6.07) is 9.88. The van der Waals surface area contributed by atoms with Gasteiger partial charge in [0.1, 0.15) is 5.84 Å². The van der Waals surface area contributed by atoms with Gasteiger partial charge in [0.05, 0.1) is 5.69 Å². The molecule has 1 N–H and O–H groups in total. The summed E-state index contributed by atoms with van der Waals surface area (Å²) in [7, 11) is 0. The lowest BCUT2D eigenvalue weighted by Crippen LogP contribution is -2.09. The molecule has 66 valence electrons. The van der Waals surface area contributed by atoms with Crippen LogP contribution in [0, 0.1) is 0 Å². The zero-order valence-electron chi connectivity index (χ0n) is 7.49. The predicted molar refractivity (Wildman–Crippen MR) is 54.4 cm³/mol. The molecule has 3 nitrogen and oxygen atoms in total. The van der Waals surface area contributed by atoms with E-state index in [0.29, 0.717) is 0 Å². The summed E-state index contributed by atoms with van der Waals surface area (Å²) in [5.74, 6) is 0.920. The summed E-state index contributed by atoms with van der Waals surface area (Å²) >= 11 is 0. The van der Waals surface area contributed by atoms with Gasteiger partial charge in [-0.05, 0) is 19.1 Å². The zero-order chi connectivity index (χ0) is 9.10. The second-order valence-electron chi connectivity index (χ2n) is 3.03. The molecule has 0 spiro atoms. The van der Waals surface area contributed by atoms with E-state index in [-0.39, 0.29) is 0 Å². The van der Waals surface area contributed by atoms with Crippen LogP contribution in [0.3, 0.4) is 0 Å². The summed E-state index contributed by atoms with van der Waals surface area (Å²) in [5, 5.41) is 4.05. The Morgan fingerprint density at radius 1 is 1.31 bits per heavy atom. The highest BCUT2D eigenvalue weighted by Gasteiger charge is 2.07. The zero-order valence-corrected chi connectivity index (χ0v) is 7.49. The van der Waals surface area contributed by atoms with Gasteiger partial charge in [0.2, 0.25) is 0 Å². The third kappa shape index (κ3) is 1.93. The molecule has 0 aliphatic carbocycles. The van der Waals surface area contributed by atoms with Crippen LogP contribution in [-0.4, -0.2) is 11.5 Å². The highest BCUT2D eigenvalue weighted by atomic mass is 15.3. The molecule has 0 fully saturated rings. The summed E-state index contributed by atoms with van der Waals surface area (Å²) in [6.45, 7) is 1.99. The van der Waals surface area contributed by atoms with Crippen molar-refractivity contribution in [3.05, 3.63) is 30.3 Å². The molecular formula is C10H11N3. The maximum absolute atomic E-state index is 4.40. The lowest BCUT2D eigenvalue weighted by atomic mass is 10.3. The van der Waals surface area contributed by atoms with E-state index in [1.807, 2.05) is 37.3 Å². The molecule has 1 aliphatic rings. The Kier molecular flexibility index (Phi) is 2.08. The fraction of sp³-hybridized carbons (Fsp3) is 0.200. The predicted octanol–water partition coefficient (Wildman–Crippen LogP) is 2.09. The second-order valence-corrected chi connectivity index (χ2v) is 3.03. The van der Waals surface area contributed by atoms with Gasteiger partial charge >= 0.3 is 0 Å². The van der Waals surface area contributed by atoms with Crippen LogP contribution < -0.4 is 5.43 Å². The van der Waals surface area contributed by atoms with Crippen molar-refractivity contribution < 1.29 is 0 Å². The number of hydrogen-bond acceptors (Lipinski definition) is 2. The molecule has 2 rings (SSSR count). The number of rotatable bonds is 1. The van der Waals surface area contributed by atoms with E-state index in [0.717, 1.165) is 23.7 Å². The van der Waals surface area contributed by atoms with E-state index in [1.54, 1.807) is 0 Å². The molecule has 1 aliphatic heterocycles. The quantitative estimate of drug-likeness (QED) is 0.693. The Balaban J connectivity index is 2.15. The Bertz CT molecular complexity index is 352. The molecule has 1 heterocycles. The Hall–Kier alpha value is -1.64. The van der Waals surface area contributed by atoms with E-state index >= 15 is 0 Å². The number of hydrazone groups is 1. The molecule has 0 bridgehead atoms. The summed E-state index contributed by atoms with van der Waals surface area (Å²) < 4.78 is 0. The summed E-state index contributed by atoms with van der Waals surface area (Å²) in [5.41, 5.74) is 4.94. The minimum absolute atomic E-state index is 0.828. The SMILES string of the molecule is CC1=NNC(=Nc2ccccc2)C1. The molecule has 1 aromatic carbocycles. The first-order valence-corrected chi connectivity index (χ1v) is 4.26. The van der Waals surface area contributed by atoms with Crippen molar-refractivity contribution in [2.24, 2.45) is 10.1 Å². The lowest BCUT2D eigenvalue weighted by molar-refractivity contribution is 1.05. The van der Waals surface area contributed by atoms with Crippen LogP contribution in [0.5, 0.6) is 0 Å².